The minimum absolute atomic E-state index is 0.181. The fourth-order valence-electron chi connectivity index (χ4n) is 5.22. The molecule has 2 aromatic carbocycles. The van der Waals surface area contributed by atoms with Gasteiger partial charge < -0.3 is 19.9 Å². The number of fused-ring (bicyclic) bond motifs is 1. The van der Waals surface area contributed by atoms with E-state index in [0.717, 1.165) is 35.2 Å². The zero-order valence-corrected chi connectivity index (χ0v) is 18.5. The number of nitrogens with zero attached hydrogens (tertiary/aromatic N) is 1. The van der Waals surface area contributed by atoms with Gasteiger partial charge in [-0.05, 0) is 60.7 Å². The molecule has 31 heavy (non-hydrogen) atoms. The van der Waals surface area contributed by atoms with Crippen LogP contribution in [0.3, 0.4) is 0 Å². The number of benzene rings is 2. The Labute approximate surface area is 184 Å². The van der Waals surface area contributed by atoms with Crippen molar-refractivity contribution in [3.63, 3.8) is 0 Å². The number of rotatable bonds is 8. The largest absolute Gasteiger partial charge is 0.508 e. The maximum atomic E-state index is 10.8. The van der Waals surface area contributed by atoms with Gasteiger partial charge in [-0.15, -0.1) is 0 Å². The minimum Gasteiger partial charge on any atom is -0.508 e. The number of phenolic OH excluding ortho intramolecular Hbond substituents is 1. The van der Waals surface area contributed by atoms with Crippen molar-refractivity contribution in [1.82, 2.24) is 9.88 Å². The van der Waals surface area contributed by atoms with Crippen molar-refractivity contribution in [2.45, 2.75) is 45.3 Å². The number of likely N-dealkylation sites (tertiary alicyclic amines) is 1. The molecule has 3 aromatic rings. The van der Waals surface area contributed by atoms with E-state index in [4.69, 9.17) is 4.74 Å². The van der Waals surface area contributed by atoms with Gasteiger partial charge in [0.1, 0.15) is 24.2 Å². The second-order valence-corrected chi connectivity index (χ2v) is 8.89. The van der Waals surface area contributed by atoms with Gasteiger partial charge in [-0.3, -0.25) is 4.90 Å². The summed E-state index contributed by atoms with van der Waals surface area (Å²) in [5.41, 5.74) is 2.15. The summed E-state index contributed by atoms with van der Waals surface area (Å²) in [6.07, 6.45) is 4.85. The van der Waals surface area contributed by atoms with Gasteiger partial charge in [-0.25, -0.2) is 0 Å². The lowest BCUT2D eigenvalue weighted by Crippen LogP contribution is -2.46. The van der Waals surface area contributed by atoms with Crippen molar-refractivity contribution in [3.8, 4) is 11.5 Å². The molecular weight excluding hydrogens is 388 g/mol. The first-order chi connectivity index (χ1) is 15.1. The van der Waals surface area contributed by atoms with Gasteiger partial charge in [-0.2, -0.15) is 0 Å². The number of β-amino-alcohol motifs (C(OH)–C–C–N with tert-alkyl or cyclic N) is 1. The molecule has 0 bridgehead atoms. The molecule has 0 radical (unpaired) electrons. The molecule has 4 rings (SSSR count). The topological polar surface area (TPSA) is 68.7 Å². The first-order valence-corrected chi connectivity index (χ1v) is 11.5. The lowest BCUT2D eigenvalue weighted by atomic mass is 9.76. The van der Waals surface area contributed by atoms with E-state index in [1.54, 1.807) is 6.07 Å². The van der Waals surface area contributed by atoms with Crippen LogP contribution >= 0.6 is 0 Å². The third kappa shape index (κ3) is 4.89. The van der Waals surface area contributed by atoms with E-state index < -0.39 is 6.10 Å². The van der Waals surface area contributed by atoms with Crippen LogP contribution in [-0.2, 0) is 0 Å². The average Bonchev–Trinajstić information content (AvgIpc) is 3.24. The Morgan fingerprint density at radius 2 is 2.03 bits per heavy atom. The van der Waals surface area contributed by atoms with E-state index in [2.05, 4.69) is 29.8 Å². The van der Waals surface area contributed by atoms with E-state index in [-0.39, 0.29) is 12.6 Å². The molecule has 1 aliphatic rings. The highest BCUT2D eigenvalue weighted by atomic mass is 16.5. The number of nitrogens with one attached hydrogen (secondary N) is 1. The van der Waals surface area contributed by atoms with E-state index in [9.17, 15) is 10.2 Å². The van der Waals surface area contributed by atoms with Crippen LogP contribution in [0.25, 0.3) is 10.9 Å². The minimum atomic E-state index is -0.594. The van der Waals surface area contributed by atoms with Crippen molar-refractivity contribution in [2.75, 3.05) is 19.7 Å². The third-order valence-corrected chi connectivity index (χ3v) is 6.72. The number of H-pyrrole nitrogens is 1. The summed E-state index contributed by atoms with van der Waals surface area (Å²) in [5, 5.41) is 21.9. The van der Waals surface area contributed by atoms with Crippen LogP contribution in [0.5, 0.6) is 11.5 Å². The number of hydrogen-bond acceptors (Lipinski definition) is 4. The summed E-state index contributed by atoms with van der Waals surface area (Å²) in [6.45, 7) is 6.30. The number of phenols is 1. The summed E-state index contributed by atoms with van der Waals surface area (Å²) in [4.78, 5) is 5.56. The highest BCUT2D eigenvalue weighted by Crippen LogP contribution is 2.41. The molecule has 0 unspecified atom stereocenters. The molecule has 2 heterocycles. The second-order valence-electron chi connectivity index (χ2n) is 8.89. The Morgan fingerprint density at radius 3 is 2.84 bits per heavy atom. The smallest absolute Gasteiger partial charge is 0.128 e. The van der Waals surface area contributed by atoms with Crippen molar-refractivity contribution >= 4 is 10.9 Å². The first-order valence-electron chi connectivity index (χ1n) is 11.5. The Balaban J connectivity index is 1.46. The van der Waals surface area contributed by atoms with Crippen molar-refractivity contribution in [2.24, 2.45) is 11.8 Å². The number of ether oxygens (including phenoxy) is 1. The summed E-state index contributed by atoms with van der Waals surface area (Å²) in [6, 6.07) is 15.7. The number of aromatic hydroxyl groups is 1. The number of aromatic nitrogens is 1. The van der Waals surface area contributed by atoms with Gasteiger partial charge >= 0.3 is 0 Å². The molecule has 5 nitrogen and oxygen atoms in total. The molecule has 1 fully saturated rings. The third-order valence-electron chi connectivity index (χ3n) is 6.72. The molecule has 3 N–H and O–H groups in total. The zero-order valence-electron chi connectivity index (χ0n) is 18.5. The Morgan fingerprint density at radius 1 is 1.19 bits per heavy atom. The predicted molar refractivity (Wildman–Crippen MR) is 124 cm³/mol. The number of aliphatic hydroxyl groups excluding tert-OH is 1. The number of hydrogen-bond donors (Lipinski definition) is 3. The first kappa shape index (κ1) is 21.7. The molecule has 0 spiro atoms. The quantitative estimate of drug-likeness (QED) is 0.472. The van der Waals surface area contributed by atoms with Crippen LogP contribution in [0.1, 0.15) is 44.7 Å². The van der Waals surface area contributed by atoms with Gasteiger partial charge in [0.05, 0.1) is 0 Å². The maximum Gasteiger partial charge on any atom is 0.128 e. The molecule has 0 amide bonds. The van der Waals surface area contributed by atoms with Gasteiger partial charge in [-0.1, -0.05) is 44.9 Å². The van der Waals surface area contributed by atoms with Crippen molar-refractivity contribution in [3.05, 3.63) is 60.3 Å². The van der Waals surface area contributed by atoms with Crippen molar-refractivity contribution in [1.29, 1.82) is 0 Å². The molecule has 1 saturated heterocycles. The zero-order chi connectivity index (χ0) is 21.8. The molecule has 1 aliphatic heterocycles. The Bertz CT molecular complexity index is 985. The maximum absolute atomic E-state index is 10.8. The van der Waals surface area contributed by atoms with Crippen LogP contribution in [0.2, 0.25) is 0 Å². The molecule has 4 atom stereocenters. The normalized spacial score (nSPS) is 23.1. The van der Waals surface area contributed by atoms with E-state index in [0.29, 0.717) is 24.1 Å². The van der Waals surface area contributed by atoms with Gasteiger partial charge in [0.25, 0.3) is 0 Å². The van der Waals surface area contributed by atoms with E-state index >= 15 is 0 Å². The summed E-state index contributed by atoms with van der Waals surface area (Å²) in [5.74, 6) is 2.20. The molecule has 0 saturated carbocycles. The highest BCUT2D eigenvalue weighted by molar-refractivity contribution is 5.85. The van der Waals surface area contributed by atoms with Crippen LogP contribution in [0.15, 0.2) is 54.7 Å². The van der Waals surface area contributed by atoms with Crippen molar-refractivity contribution < 1.29 is 14.9 Å². The predicted octanol–water partition coefficient (Wildman–Crippen LogP) is 5.11. The van der Waals surface area contributed by atoms with Crippen LogP contribution < -0.4 is 4.74 Å². The van der Waals surface area contributed by atoms with Crippen LogP contribution in [-0.4, -0.2) is 45.9 Å². The molecule has 166 valence electrons. The molecule has 5 heteroatoms. The van der Waals surface area contributed by atoms with E-state index in [1.165, 1.54) is 12.8 Å². The number of aromatic amines is 1. The molecular formula is C26H34N2O3. The van der Waals surface area contributed by atoms with Gasteiger partial charge in [0.15, 0.2) is 0 Å². The molecule has 0 aliphatic carbocycles. The fourth-order valence-corrected chi connectivity index (χ4v) is 5.22. The summed E-state index contributed by atoms with van der Waals surface area (Å²) >= 11 is 0. The Hall–Kier alpha value is -2.50. The van der Waals surface area contributed by atoms with Gasteiger partial charge in [0.2, 0.25) is 0 Å². The standard InChI is InChI=1S/C26H34N2O3/c1-3-6-19-12-14-28(26(18(19)2)20-7-4-8-21(29)15-20)16-22(30)17-31-25-10-5-9-24-23(25)11-13-27-24/h4-5,7-11,13,15,18-19,22,26-27,29-30H,3,6,12,14,16-17H2,1-2H3/t18-,19-,22-,26-/m0/s1. The van der Waals surface area contributed by atoms with Crippen LogP contribution in [0.4, 0.5) is 0 Å². The second kappa shape index (κ2) is 9.75. The van der Waals surface area contributed by atoms with Crippen LogP contribution in [0, 0.1) is 11.8 Å². The fraction of sp³-hybridized carbons (Fsp3) is 0.462. The highest BCUT2D eigenvalue weighted by Gasteiger charge is 2.36. The lowest BCUT2D eigenvalue weighted by Gasteiger charge is -2.45. The monoisotopic (exact) mass is 422 g/mol. The lowest BCUT2D eigenvalue weighted by molar-refractivity contribution is 0.00177. The Kier molecular flexibility index (Phi) is 6.83. The van der Waals surface area contributed by atoms with Gasteiger partial charge in [0, 0.05) is 29.7 Å². The number of aliphatic hydroxyl groups is 1. The summed E-state index contributed by atoms with van der Waals surface area (Å²) < 4.78 is 5.99. The average molecular weight is 423 g/mol. The molecule has 1 aromatic heterocycles. The summed E-state index contributed by atoms with van der Waals surface area (Å²) in [7, 11) is 0. The van der Waals surface area contributed by atoms with E-state index in [1.807, 2.05) is 42.6 Å². The number of piperidine rings is 1. The SMILES string of the molecule is CCC[C@H]1CCN(C[C@H](O)COc2cccc3[nH]ccc23)[C@H](c2cccc(O)c2)[C@H]1C.